The Bertz CT molecular complexity index is 580. The molecular formula is C15H16N2O. The molecule has 3 rings (SSSR count). The molecule has 1 aromatic heterocycles. The molecule has 0 fully saturated rings. The van der Waals surface area contributed by atoms with Crippen LogP contribution < -0.4 is 10.5 Å². The van der Waals surface area contributed by atoms with Gasteiger partial charge in [0.15, 0.2) is 0 Å². The van der Waals surface area contributed by atoms with Crippen LogP contribution in [0, 0.1) is 6.92 Å². The van der Waals surface area contributed by atoms with Crippen molar-refractivity contribution in [2.24, 2.45) is 5.73 Å². The number of benzene rings is 1. The van der Waals surface area contributed by atoms with Gasteiger partial charge < -0.3 is 10.5 Å². The molecule has 0 aliphatic carbocycles. The molecule has 1 aromatic carbocycles. The third-order valence-electron chi connectivity index (χ3n) is 3.38. The second-order valence-electron chi connectivity index (χ2n) is 4.74. The summed E-state index contributed by atoms with van der Waals surface area (Å²) in [6, 6.07) is 10.2. The highest BCUT2D eigenvalue weighted by Crippen LogP contribution is 2.37. The predicted molar refractivity (Wildman–Crippen MR) is 71.0 cm³/mol. The Labute approximate surface area is 107 Å². The number of nitrogens with zero attached hydrogens (tertiary/aromatic N) is 1. The monoisotopic (exact) mass is 240 g/mol. The van der Waals surface area contributed by atoms with E-state index in [-0.39, 0.29) is 5.92 Å². The van der Waals surface area contributed by atoms with E-state index in [2.05, 4.69) is 30.1 Å². The molecule has 92 valence electrons. The minimum absolute atomic E-state index is 0.227. The molecule has 1 atom stereocenters. The highest BCUT2D eigenvalue weighted by atomic mass is 16.5. The average molecular weight is 240 g/mol. The van der Waals surface area contributed by atoms with Gasteiger partial charge in [0.25, 0.3) is 0 Å². The zero-order valence-electron chi connectivity index (χ0n) is 10.4. The van der Waals surface area contributed by atoms with E-state index in [0.29, 0.717) is 6.54 Å². The molecule has 1 unspecified atom stereocenters. The van der Waals surface area contributed by atoms with E-state index < -0.39 is 0 Å². The molecule has 3 heteroatoms. The van der Waals surface area contributed by atoms with E-state index in [9.17, 15) is 0 Å². The second-order valence-corrected chi connectivity index (χ2v) is 4.74. The van der Waals surface area contributed by atoms with Gasteiger partial charge in [0.05, 0.1) is 5.69 Å². The fraction of sp³-hybridized carbons (Fsp3) is 0.267. The molecule has 1 aliphatic rings. The smallest absolute Gasteiger partial charge is 0.149 e. The van der Waals surface area contributed by atoms with Crippen LogP contribution in [0.5, 0.6) is 11.5 Å². The van der Waals surface area contributed by atoms with E-state index in [1.54, 1.807) is 6.20 Å². The zero-order chi connectivity index (χ0) is 12.5. The highest BCUT2D eigenvalue weighted by Gasteiger charge is 2.23. The number of hydrogen-bond acceptors (Lipinski definition) is 3. The average Bonchev–Trinajstić information content (AvgIpc) is 2.54. The molecule has 1 aliphatic heterocycles. The topological polar surface area (TPSA) is 48.1 Å². The Morgan fingerprint density at radius 1 is 1.33 bits per heavy atom. The lowest BCUT2D eigenvalue weighted by Crippen LogP contribution is -2.15. The number of aryl methyl sites for hydroxylation is 1. The van der Waals surface area contributed by atoms with Gasteiger partial charge in [-0.05, 0) is 42.7 Å². The molecule has 2 heterocycles. The van der Waals surface area contributed by atoms with Crippen LogP contribution >= 0.6 is 0 Å². The van der Waals surface area contributed by atoms with Gasteiger partial charge in [0.2, 0.25) is 0 Å². The van der Waals surface area contributed by atoms with Crippen molar-refractivity contribution in [3.8, 4) is 11.5 Å². The molecule has 0 spiro atoms. The van der Waals surface area contributed by atoms with Crippen molar-refractivity contribution in [2.75, 3.05) is 6.54 Å². The van der Waals surface area contributed by atoms with Gasteiger partial charge >= 0.3 is 0 Å². The SMILES string of the molecule is Cc1ccc2c(c1)Oc1cccnc1C(CN)C2. The Balaban J connectivity index is 2.13. The number of ether oxygens (including phenoxy) is 1. The van der Waals surface area contributed by atoms with Crippen molar-refractivity contribution in [3.63, 3.8) is 0 Å². The van der Waals surface area contributed by atoms with Crippen molar-refractivity contribution < 1.29 is 4.74 Å². The van der Waals surface area contributed by atoms with Crippen LogP contribution in [-0.4, -0.2) is 11.5 Å². The Morgan fingerprint density at radius 3 is 3.06 bits per heavy atom. The number of pyridine rings is 1. The van der Waals surface area contributed by atoms with Gasteiger partial charge in [0.1, 0.15) is 11.5 Å². The van der Waals surface area contributed by atoms with Crippen molar-refractivity contribution in [2.45, 2.75) is 19.3 Å². The van der Waals surface area contributed by atoms with E-state index in [1.165, 1.54) is 11.1 Å². The zero-order valence-corrected chi connectivity index (χ0v) is 10.4. The molecule has 0 amide bonds. The Hall–Kier alpha value is -1.87. The first-order chi connectivity index (χ1) is 8.78. The van der Waals surface area contributed by atoms with Crippen LogP contribution in [0.2, 0.25) is 0 Å². The fourth-order valence-corrected chi connectivity index (χ4v) is 2.40. The quantitative estimate of drug-likeness (QED) is 0.833. The summed E-state index contributed by atoms with van der Waals surface area (Å²) in [5, 5.41) is 0. The van der Waals surface area contributed by atoms with E-state index in [1.807, 2.05) is 12.1 Å². The first kappa shape index (κ1) is 11.2. The summed E-state index contributed by atoms with van der Waals surface area (Å²) in [5.41, 5.74) is 9.25. The molecule has 18 heavy (non-hydrogen) atoms. The maximum atomic E-state index is 6.00. The first-order valence-electron chi connectivity index (χ1n) is 6.20. The summed E-state index contributed by atoms with van der Waals surface area (Å²) in [6.07, 6.45) is 2.68. The van der Waals surface area contributed by atoms with Crippen LogP contribution in [-0.2, 0) is 6.42 Å². The molecule has 0 bridgehead atoms. The van der Waals surface area contributed by atoms with Gasteiger partial charge in [-0.25, -0.2) is 0 Å². The van der Waals surface area contributed by atoms with Gasteiger partial charge in [-0.1, -0.05) is 12.1 Å². The van der Waals surface area contributed by atoms with Crippen molar-refractivity contribution in [1.82, 2.24) is 4.98 Å². The maximum Gasteiger partial charge on any atom is 0.149 e. The van der Waals surface area contributed by atoms with E-state index >= 15 is 0 Å². The normalized spacial score (nSPS) is 17.3. The standard InChI is InChI=1S/C15H16N2O/c1-10-4-5-11-8-12(9-16)15-13(3-2-6-17-15)18-14(11)7-10/h2-7,12H,8-9,16H2,1H3. The van der Waals surface area contributed by atoms with E-state index in [0.717, 1.165) is 23.6 Å². The van der Waals surface area contributed by atoms with Gasteiger partial charge in [-0.3, -0.25) is 4.98 Å². The minimum Gasteiger partial charge on any atom is -0.455 e. The summed E-state index contributed by atoms with van der Waals surface area (Å²) in [4.78, 5) is 4.43. The van der Waals surface area contributed by atoms with Crippen molar-refractivity contribution in [3.05, 3.63) is 53.3 Å². The largest absolute Gasteiger partial charge is 0.455 e. The lowest BCUT2D eigenvalue weighted by molar-refractivity contribution is 0.474. The number of hydrogen-bond donors (Lipinski definition) is 1. The third kappa shape index (κ3) is 1.87. The highest BCUT2D eigenvalue weighted by molar-refractivity contribution is 5.46. The lowest BCUT2D eigenvalue weighted by atomic mass is 9.95. The lowest BCUT2D eigenvalue weighted by Gasteiger charge is -2.12. The molecular weight excluding hydrogens is 224 g/mol. The van der Waals surface area contributed by atoms with Crippen LogP contribution in [0.3, 0.4) is 0 Å². The Kier molecular flexibility index (Phi) is 2.76. The molecule has 0 saturated heterocycles. The summed E-state index contributed by atoms with van der Waals surface area (Å²) in [5.74, 6) is 1.99. The Morgan fingerprint density at radius 2 is 2.22 bits per heavy atom. The number of rotatable bonds is 1. The van der Waals surface area contributed by atoms with Gasteiger partial charge in [0, 0.05) is 18.7 Å². The number of nitrogens with two attached hydrogens (primary N) is 1. The maximum absolute atomic E-state index is 6.00. The summed E-state index contributed by atoms with van der Waals surface area (Å²) in [7, 11) is 0. The van der Waals surface area contributed by atoms with Gasteiger partial charge in [-0.2, -0.15) is 0 Å². The second kappa shape index (κ2) is 4.42. The molecule has 0 radical (unpaired) electrons. The molecule has 2 aromatic rings. The number of fused-ring (bicyclic) bond motifs is 2. The van der Waals surface area contributed by atoms with Gasteiger partial charge in [-0.15, -0.1) is 0 Å². The van der Waals surface area contributed by atoms with Crippen LogP contribution in [0.25, 0.3) is 0 Å². The summed E-state index contributed by atoms with van der Waals surface area (Å²) >= 11 is 0. The van der Waals surface area contributed by atoms with Crippen LogP contribution in [0.1, 0.15) is 22.7 Å². The minimum atomic E-state index is 0.227. The molecule has 2 N–H and O–H groups in total. The van der Waals surface area contributed by atoms with Crippen LogP contribution in [0.15, 0.2) is 36.5 Å². The van der Waals surface area contributed by atoms with Crippen molar-refractivity contribution >= 4 is 0 Å². The summed E-state index contributed by atoms with van der Waals surface area (Å²) < 4.78 is 6.00. The van der Waals surface area contributed by atoms with E-state index in [4.69, 9.17) is 10.5 Å². The predicted octanol–water partition coefficient (Wildman–Crippen LogP) is 2.78. The summed E-state index contributed by atoms with van der Waals surface area (Å²) in [6.45, 7) is 2.65. The fourth-order valence-electron chi connectivity index (χ4n) is 2.40. The first-order valence-corrected chi connectivity index (χ1v) is 6.20. The van der Waals surface area contributed by atoms with Crippen molar-refractivity contribution in [1.29, 1.82) is 0 Å². The van der Waals surface area contributed by atoms with Crippen LogP contribution in [0.4, 0.5) is 0 Å². The third-order valence-corrected chi connectivity index (χ3v) is 3.38. The number of aromatic nitrogens is 1. The molecule has 0 saturated carbocycles. The molecule has 3 nitrogen and oxygen atoms in total.